The van der Waals surface area contributed by atoms with Gasteiger partial charge in [-0.3, -0.25) is 4.68 Å². The van der Waals surface area contributed by atoms with Gasteiger partial charge in [-0.25, -0.2) is 0 Å². The summed E-state index contributed by atoms with van der Waals surface area (Å²) in [5.74, 6) is 0.655. The summed E-state index contributed by atoms with van der Waals surface area (Å²) in [7, 11) is 0. The van der Waals surface area contributed by atoms with Gasteiger partial charge in [0.25, 0.3) is 0 Å². The van der Waals surface area contributed by atoms with E-state index in [9.17, 15) is 0 Å². The van der Waals surface area contributed by atoms with Crippen molar-refractivity contribution in [3.8, 4) is 0 Å². The third kappa shape index (κ3) is 2.83. The van der Waals surface area contributed by atoms with Crippen LogP contribution in [0.5, 0.6) is 0 Å². The highest BCUT2D eigenvalue weighted by molar-refractivity contribution is 4.99. The van der Waals surface area contributed by atoms with E-state index in [1.165, 1.54) is 0 Å². The summed E-state index contributed by atoms with van der Waals surface area (Å²) in [5, 5.41) is 17.0. The van der Waals surface area contributed by atoms with Gasteiger partial charge in [0, 0.05) is 18.8 Å². The quantitative estimate of drug-likeness (QED) is 0.791. The first kappa shape index (κ1) is 11.6. The lowest BCUT2D eigenvalue weighted by molar-refractivity contribution is 0.0429. The zero-order chi connectivity index (χ0) is 11.5. The molecule has 4 heteroatoms. The van der Waals surface area contributed by atoms with Gasteiger partial charge in [-0.05, 0) is 45.2 Å². The molecule has 0 aromatic carbocycles. The fourth-order valence-corrected chi connectivity index (χ4v) is 2.03. The zero-order valence-corrected chi connectivity index (χ0v) is 10.1. The van der Waals surface area contributed by atoms with E-state index < -0.39 is 0 Å². The SMILES string of the molecule is CC(C)n1ccc(CNCC2CC(O)C2)n1. The van der Waals surface area contributed by atoms with Crippen LogP contribution in [-0.4, -0.2) is 27.5 Å². The molecule has 16 heavy (non-hydrogen) atoms. The van der Waals surface area contributed by atoms with Crippen LogP contribution in [0.4, 0.5) is 0 Å². The largest absolute Gasteiger partial charge is 0.393 e. The van der Waals surface area contributed by atoms with Gasteiger partial charge in [-0.1, -0.05) is 0 Å². The van der Waals surface area contributed by atoms with Crippen LogP contribution in [0.15, 0.2) is 12.3 Å². The van der Waals surface area contributed by atoms with Crippen LogP contribution in [-0.2, 0) is 6.54 Å². The van der Waals surface area contributed by atoms with Crippen molar-refractivity contribution in [2.75, 3.05) is 6.54 Å². The molecule has 0 aliphatic heterocycles. The fourth-order valence-electron chi connectivity index (χ4n) is 2.03. The predicted molar refractivity (Wildman–Crippen MR) is 63.0 cm³/mol. The number of aliphatic hydroxyl groups is 1. The van der Waals surface area contributed by atoms with E-state index in [2.05, 4.69) is 30.3 Å². The number of aliphatic hydroxyl groups excluding tert-OH is 1. The standard InChI is InChI=1S/C12H21N3O/c1-9(2)15-4-3-11(14-15)8-13-7-10-5-12(16)6-10/h3-4,9-10,12-13,16H,5-8H2,1-2H3. The van der Waals surface area contributed by atoms with E-state index in [-0.39, 0.29) is 6.10 Å². The highest BCUT2D eigenvalue weighted by Gasteiger charge is 2.26. The van der Waals surface area contributed by atoms with Gasteiger partial charge in [0.1, 0.15) is 0 Å². The summed E-state index contributed by atoms with van der Waals surface area (Å²) in [6.07, 6.45) is 3.88. The first-order valence-electron chi connectivity index (χ1n) is 6.08. The Labute approximate surface area is 96.7 Å². The van der Waals surface area contributed by atoms with E-state index in [1.807, 2.05) is 10.9 Å². The lowest BCUT2D eigenvalue weighted by Crippen LogP contribution is -2.35. The van der Waals surface area contributed by atoms with Crippen LogP contribution >= 0.6 is 0 Å². The Morgan fingerprint density at radius 3 is 2.88 bits per heavy atom. The second-order valence-corrected chi connectivity index (χ2v) is 5.00. The average Bonchev–Trinajstić information content (AvgIpc) is 2.63. The molecule has 1 aliphatic carbocycles. The van der Waals surface area contributed by atoms with Gasteiger partial charge < -0.3 is 10.4 Å². The molecule has 1 aliphatic rings. The van der Waals surface area contributed by atoms with Crippen LogP contribution in [0.2, 0.25) is 0 Å². The molecular formula is C12H21N3O. The van der Waals surface area contributed by atoms with Crippen molar-refractivity contribution in [1.82, 2.24) is 15.1 Å². The Bertz CT molecular complexity index is 329. The van der Waals surface area contributed by atoms with Crippen LogP contribution in [0.25, 0.3) is 0 Å². The molecule has 1 fully saturated rings. The molecule has 0 unspecified atom stereocenters. The molecule has 0 atom stereocenters. The van der Waals surface area contributed by atoms with Gasteiger partial charge in [0.2, 0.25) is 0 Å². The van der Waals surface area contributed by atoms with Gasteiger partial charge in [-0.15, -0.1) is 0 Å². The number of nitrogens with zero attached hydrogens (tertiary/aromatic N) is 2. The van der Waals surface area contributed by atoms with Crippen molar-refractivity contribution >= 4 is 0 Å². The molecule has 90 valence electrons. The summed E-state index contributed by atoms with van der Waals surface area (Å²) in [6.45, 7) is 6.07. The molecule has 2 N–H and O–H groups in total. The second kappa shape index (κ2) is 4.97. The van der Waals surface area contributed by atoms with Gasteiger partial charge in [0.15, 0.2) is 0 Å². The minimum absolute atomic E-state index is 0.0491. The van der Waals surface area contributed by atoms with Crippen molar-refractivity contribution in [2.45, 2.75) is 45.4 Å². The van der Waals surface area contributed by atoms with E-state index in [1.54, 1.807) is 0 Å². The smallest absolute Gasteiger partial charge is 0.0762 e. The first-order valence-corrected chi connectivity index (χ1v) is 6.08. The maximum Gasteiger partial charge on any atom is 0.0762 e. The Morgan fingerprint density at radius 2 is 2.31 bits per heavy atom. The number of hydrogen-bond donors (Lipinski definition) is 2. The van der Waals surface area contributed by atoms with Crippen LogP contribution < -0.4 is 5.32 Å². The lowest BCUT2D eigenvalue weighted by Gasteiger charge is -2.31. The minimum Gasteiger partial charge on any atom is -0.393 e. The van der Waals surface area contributed by atoms with E-state index in [0.29, 0.717) is 12.0 Å². The molecule has 1 saturated carbocycles. The van der Waals surface area contributed by atoms with Crippen LogP contribution in [0.1, 0.15) is 38.4 Å². The Morgan fingerprint density at radius 1 is 1.56 bits per heavy atom. The molecule has 0 saturated heterocycles. The third-order valence-electron chi connectivity index (χ3n) is 3.14. The molecule has 0 bridgehead atoms. The molecule has 0 amide bonds. The molecule has 0 spiro atoms. The van der Waals surface area contributed by atoms with E-state index in [4.69, 9.17) is 5.11 Å². The molecule has 1 aromatic heterocycles. The summed E-state index contributed by atoms with van der Waals surface area (Å²) in [5.41, 5.74) is 1.09. The summed E-state index contributed by atoms with van der Waals surface area (Å²) >= 11 is 0. The molecular weight excluding hydrogens is 202 g/mol. The summed E-state index contributed by atoms with van der Waals surface area (Å²) < 4.78 is 1.98. The molecule has 1 heterocycles. The van der Waals surface area contributed by atoms with Crippen molar-refractivity contribution in [1.29, 1.82) is 0 Å². The molecule has 4 nitrogen and oxygen atoms in total. The Balaban J connectivity index is 1.68. The first-order chi connectivity index (χ1) is 7.65. The average molecular weight is 223 g/mol. The number of nitrogens with one attached hydrogen (secondary N) is 1. The van der Waals surface area contributed by atoms with Crippen molar-refractivity contribution in [3.05, 3.63) is 18.0 Å². The fraction of sp³-hybridized carbons (Fsp3) is 0.750. The lowest BCUT2D eigenvalue weighted by atomic mass is 9.82. The van der Waals surface area contributed by atoms with Crippen molar-refractivity contribution in [3.63, 3.8) is 0 Å². The number of rotatable bonds is 5. The maximum atomic E-state index is 9.16. The number of aromatic nitrogens is 2. The zero-order valence-electron chi connectivity index (χ0n) is 10.1. The van der Waals surface area contributed by atoms with Crippen molar-refractivity contribution < 1.29 is 5.11 Å². The monoisotopic (exact) mass is 223 g/mol. The minimum atomic E-state index is -0.0491. The van der Waals surface area contributed by atoms with Gasteiger partial charge >= 0.3 is 0 Å². The van der Waals surface area contributed by atoms with Gasteiger partial charge in [-0.2, -0.15) is 5.10 Å². The Hall–Kier alpha value is -0.870. The second-order valence-electron chi connectivity index (χ2n) is 5.00. The summed E-state index contributed by atoms with van der Waals surface area (Å²) in [6, 6.07) is 2.48. The predicted octanol–water partition coefficient (Wildman–Crippen LogP) is 1.32. The highest BCUT2D eigenvalue weighted by atomic mass is 16.3. The highest BCUT2D eigenvalue weighted by Crippen LogP contribution is 2.26. The van der Waals surface area contributed by atoms with E-state index in [0.717, 1.165) is 31.6 Å². The molecule has 2 rings (SSSR count). The summed E-state index contributed by atoms with van der Waals surface area (Å²) in [4.78, 5) is 0. The maximum absolute atomic E-state index is 9.16. The van der Waals surface area contributed by atoms with Gasteiger partial charge in [0.05, 0.1) is 11.8 Å². The molecule has 0 radical (unpaired) electrons. The van der Waals surface area contributed by atoms with Crippen LogP contribution in [0.3, 0.4) is 0 Å². The third-order valence-corrected chi connectivity index (χ3v) is 3.14. The normalized spacial score (nSPS) is 24.8. The van der Waals surface area contributed by atoms with Crippen molar-refractivity contribution in [2.24, 2.45) is 5.92 Å². The Kier molecular flexibility index (Phi) is 3.61. The molecule has 1 aromatic rings. The number of hydrogen-bond acceptors (Lipinski definition) is 3. The van der Waals surface area contributed by atoms with E-state index >= 15 is 0 Å². The topological polar surface area (TPSA) is 50.1 Å². The van der Waals surface area contributed by atoms with Crippen LogP contribution in [0, 0.1) is 5.92 Å².